The van der Waals surface area contributed by atoms with Gasteiger partial charge in [0.15, 0.2) is 0 Å². The lowest BCUT2D eigenvalue weighted by Crippen LogP contribution is -2.45. The molecular weight excluding hydrogens is 302 g/mol. The van der Waals surface area contributed by atoms with E-state index in [-0.39, 0.29) is 5.56 Å². The van der Waals surface area contributed by atoms with Crippen molar-refractivity contribution in [3.8, 4) is 5.75 Å². The van der Waals surface area contributed by atoms with Gasteiger partial charge in [-0.2, -0.15) is 8.42 Å². The number of rotatable bonds is 7. The molecule has 21 heavy (non-hydrogen) atoms. The highest BCUT2D eigenvalue weighted by Crippen LogP contribution is 2.12. The van der Waals surface area contributed by atoms with Gasteiger partial charge in [-0.05, 0) is 31.2 Å². The Kier molecular flexibility index (Phi) is 5.68. The maximum absolute atomic E-state index is 11.8. The lowest BCUT2D eigenvalue weighted by atomic mass is 10.2. The fourth-order valence-electron chi connectivity index (χ4n) is 1.50. The molecule has 0 fully saturated rings. The number of benzene rings is 1. The highest BCUT2D eigenvalue weighted by atomic mass is 32.2. The molecule has 0 aromatic heterocycles. The lowest BCUT2D eigenvalue weighted by molar-refractivity contribution is -0.138. The molecule has 116 valence electrons. The molecule has 0 spiro atoms. The first-order valence-electron chi connectivity index (χ1n) is 5.94. The summed E-state index contributed by atoms with van der Waals surface area (Å²) in [6.45, 7) is 2.26. The molecule has 1 amide bonds. The monoisotopic (exact) mass is 317 g/mol. The summed E-state index contributed by atoms with van der Waals surface area (Å²) in [5.41, 5.74) is 0.139. The van der Waals surface area contributed by atoms with Crippen molar-refractivity contribution in [2.45, 2.75) is 13.0 Å². The Morgan fingerprint density at radius 1 is 1.29 bits per heavy atom. The number of hydrogen-bond donors (Lipinski definition) is 3. The number of ether oxygens (including phenoxy) is 1. The summed E-state index contributed by atoms with van der Waals surface area (Å²) in [7, 11) is -4.53. The van der Waals surface area contributed by atoms with Crippen LogP contribution in [0.3, 0.4) is 0 Å². The molecule has 0 radical (unpaired) electrons. The predicted octanol–water partition coefficient (Wildman–Crippen LogP) is 0.156. The summed E-state index contributed by atoms with van der Waals surface area (Å²) in [5, 5.41) is 10.9. The molecule has 1 unspecified atom stereocenters. The molecule has 0 saturated heterocycles. The van der Waals surface area contributed by atoms with E-state index in [1.54, 1.807) is 6.92 Å². The van der Waals surface area contributed by atoms with Crippen LogP contribution in [-0.4, -0.2) is 48.4 Å². The Bertz CT molecular complexity index is 609. The van der Waals surface area contributed by atoms with Crippen LogP contribution in [0.1, 0.15) is 17.3 Å². The summed E-state index contributed by atoms with van der Waals surface area (Å²) < 4.78 is 35.3. The minimum atomic E-state index is -4.53. The maximum atomic E-state index is 11.8. The van der Waals surface area contributed by atoms with Gasteiger partial charge in [0.25, 0.3) is 16.0 Å². The average molecular weight is 317 g/mol. The molecule has 1 atom stereocenters. The van der Waals surface area contributed by atoms with Gasteiger partial charge >= 0.3 is 5.97 Å². The smallest absolute Gasteiger partial charge is 0.327 e. The molecule has 1 rings (SSSR count). The second-order valence-corrected chi connectivity index (χ2v) is 5.57. The van der Waals surface area contributed by atoms with Gasteiger partial charge in [-0.25, -0.2) is 4.79 Å². The zero-order valence-electron chi connectivity index (χ0n) is 11.1. The number of carboxylic acids is 1. The summed E-state index contributed by atoms with van der Waals surface area (Å²) in [5.74, 6) is -2.90. The van der Waals surface area contributed by atoms with Crippen molar-refractivity contribution in [3.63, 3.8) is 0 Å². The van der Waals surface area contributed by atoms with E-state index in [2.05, 4.69) is 0 Å². The van der Waals surface area contributed by atoms with Gasteiger partial charge in [0.05, 0.1) is 6.61 Å². The lowest BCUT2D eigenvalue weighted by Gasteiger charge is -2.13. The number of aliphatic carboxylic acids is 1. The Morgan fingerprint density at radius 3 is 2.29 bits per heavy atom. The molecule has 0 saturated carbocycles. The van der Waals surface area contributed by atoms with Gasteiger partial charge in [0.2, 0.25) is 0 Å². The van der Waals surface area contributed by atoms with Gasteiger partial charge in [-0.15, -0.1) is 0 Å². The van der Waals surface area contributed by atoms with Crippen LogP contribution in [0.5, 0.6) is 5.75 Å². The number of carboxylic acid groups (broad SMARTS) is 1. The first-order valence-corrected chi connectivity index (χ1v) is 7.55. The van der Waals surface area contributed by atoms with E-state index in [1.807, 2.05) is 5.32 Å². The number of carbonyl (C=O) groups is 2. The second-order valence-electron chi connectivity index (χ2n) is 4.07. The van der Waals surface area contributed by atoms with E-state index in [9.17, 15) is 18.0 Å². The van der Waals surface area contributed by atoms with E-state index >= 15 is 0 Å². The van der Waals surface area contributed by atoms with Gasteiger partial charge in [-0.3, -0.25) is 9.35 Å². The first-order chi connectivity index (χ1) is 9.73. The molecule has 0 aliphatic heterocycles. The van der Waals surface area contributed by atoms with Gasteiger partial charge in [0, 0.05) is 5.56 Å². The van der Waals surface area contributed by atoms with Gasteiger partial charge in [-0.1, -0.05) is 0 Å². The molecule has 0 aliphatic rings. The molecule has 0 aliphatic carbocycles. The quantitative estimate of drug-likeness (QED) is 0.610. The SMILES string of the molecule is CCOc1ccc(C(=O)NC(CS(=O)(=O)O)C(=O)O)cc1. The summed E-state index contributed by atoms with van der Waals surface area (Å²) in [6.07, 6.45) is 0. The molecule has 1 aromatic rings. The summed E-state index contributed by atoms with van der Waals surface area (Å²) in [4.78, 5) is 22.7. The Balaban J connectivity index is 2.79. The highest BCUT2D eigenvalue weighted by Gasteiger charge is 2.26. The molecular formula is C12H15NO7S. The third-order valence-corrected chi connectivity index (χ3v) is 3.16. The Hall–Kier alpha value is -2.13. The van der Waals surface area contributed by atoms with E-state index in [0.717, 1.165) is 0 Å². The first kappa shape index (κ1) is 16.9. The topological polar surface area (TPSA) is 130 Å². The highest BCUT2D eigenvalue weighted by molar-refractivity contribution is 7.85. The van der Waals surface area contributed by atoms with Crippen LogP contribution in [0.15, 0.2) is 24.3 Å². The third kappa shape index (κ3) is 5.79. The molecule has 3 N–H and O–H groups in total. The fraction of sp³-hybridized carbons (Fsp3) is 0.333. The minimum Gasteiger partial charge on any atom is -0.494 e. The van der Waals surface area contributed by atoms with Crippen molar-refractivity contribution >= 4 is 22.0 Å². The second kappa shape index (κ2) is 7.04. The predicted molar refractivity (Wildman–Crippen MR) is 72.9 cm³/mol. The van der Waals surface area contributed by atoms with Crippen molar-refractivity contribution in [1.82, 2.24) is 5.32 Å². The molecule has 0 heterocycles. The van der Waals surface area contributed by atoms with Crippen LogP contribution >= 0.6 is 0 Å². The van der Waals surface area contributed by atoms with Crippen LogP contribution in [0, 0.1) is 0 Å². The largest absolute Gasteiger partial charge is 0.494 e. The third-order valence-electron chi connectivity index (χ3n) is 2.41. The van der Waals surface area contributed by atoms with Crippen LogP contribution in [0.25, 0.3) is 0 Å². The van der Waals surface area contributed by atoms with E-state index in [0.29, 0.717) is 12.4 Å². The molecule has 9 heteroatoms. The van der Waals surface area contributed by atoms with Crippen molar-refractivity contribution in [2.24, 2.45) is 0 Å². The zero-order chi connectivity index (χ0) is 16.0. The van der Waals surface area contributed by atoms with Gasteiger partial charge < -0.3 is 15.2 Å². The minimum absolute atomic E-state index is 0.139. The van der Waals surface area contributed by atoms with Crippen molar-refractivity contribution < 1.29 is 32.4 Å². The van der Waals surface area contributed by atoms with Crippen LogP contribution < -0.4 is 10.1 Å². The van der Waals surface area contributed by atoms with Crippen LogP contribution in [0.2, 0.25) is 0 Å². The normalized spacial score (nSPS) is 12.5. The van der Waals surface area contributed by atoms with Crippen molar-refractivity contribution in [3.05, 3.63) is 29.8 Å². The fourth-order valence-corrected chi connectivity index (χ4v) is 2.14. The Labute approximate surface area is 121 Å². The van der Waals surface area contributed by atoms with E-state index in [1.165, 1.54) is 24.3 Å². The molecule has 0 bridgehead atoms. The number of nitrogens with one attached hydrogen (secondary N) is 1. The molecule has 1 aromatic carbocycles. The van der Waals surface area contributed by atoms with Crippen molar-refractivity contribution in [1.29, 1.82) is 0 Å². The standard InChI is InChI=1S/C12H15NO7S/c1-2-20-9-5-3-8(4-6-9)11(14)13-10(12(15)16)7-21(17,18)19/h3-6,10H,2,7H2,1H3,(H,13,14)(H,15,16)(H,17,18,19). The van der Waals surface area contributed by atoms with Crippen molar-refractivity contribution in [2.75, 3.05) is 12.4 Å². The summed E-state index contributed by atoms with van der Waals surface area (Å²) >= 11 is 0. The van der Waals surface area contributed by atoms with Gasteiger partial charge in [0.1, 0.15) is 17.5 Å². The van der Waals surface area contributed by atoms with E-state index in [4.69, 9.17) is 14.4 Å². The van der Waals surface area contributed by atoms with E-state index < -0.39 is 33.8 Å². The Morgan fingerprint density at radius 2 is 1.86 bits per heavy atom. The molecule has 8 nitrogen and oxygen atoms in total. The summed E-state index contributed by atoms with van der Waals surface area (Å²) in [6, 6.07) is 4.13. The average Bonchev–Trinajstić information content (AvgIpc) is 2.37. The van der Waals surface area contributed by atoms with Crippen LogP contribution in [-0.2, 0) is 14.9 Å². The maximum Gasteiger partial charge on any atom is 0.327 e. The number of amides is 1. The number of carbonyl (C=O) groups excluding carboxylic acids is 1. The van der Waals surface area contributed by atoms with Crippen LogP contribution in [0.4, 0.5) is 0 Å². The zero-order valence-corrected chi connectivity index (χ0v) is 12.0. The number of hydrogen-bond acceptors (Lipinski definition) is 5.